The van der Waals surface area contributed by atoms with Crippen molar-refractivity contribution in [3.05, 3.63) is 49.3 Å². The monoisotopic (exact) mass is 316 g/mol. The maximum atomic E-state index is 11.9. The van der Waals surface area contributed by atoms with Gasteiger partial charge in [-0.1, -0.05) is 11.3 Å². The number of benzene rings is 1. The van der Waals surface area contributed by atoms with Crippen molar-refractivity contribution >= 4 is 22.3 Å². The van der Waals surface area contributed by atoms with Crippen molar-refractivity contribution in [3.63, 3.8) is 0 Å². The molecule has 0 atom stereocenters. The highest BCUT2D eigenvalue weighted by Crippen LogP contribution is 2.29. The fourth-order valence-electron chi connectivity index (χ4n) is 2.32. The van der Waals surface area contributed by atoms with Gasteiger partial charge in [0.15, 0.2) is 5.01 Å². The summed E-state index contributed by atoms with van der Waals surface area (Å²) in [5.41, 5.74) is 2.69. The maximum absolute atomic E-state index is 11.9. The van der Waals surface area contributed by atoms with Crippen LogP contribution in [0.4, 0.5) is 0 Å². The molecule has 0 amide bonds. The van der Waals surface area contributed by atoms with Gasteiger partial charge in [0.2, 0.25) is 0 Å². The Kier molecular flexibility index (Phi) is 3.70. The van der Waals surface area contributed by atoms with Crippen molar-refractivity contribution in [1.29, 1.82) is 0 Å². The standard InChI is InChI=1S/C16H16N2O3S/c1-8-9(2)16(19)21-15-10(3)13(6-5-12(8)15)20-7-14-18-17-11(4)22-14/h5-6H,7H2,1-4H3. The Morgan fingerprint density at radius 1 is 1.09 bits per heavy atom. The molecule has 0 saturated carbocycles. The van der Waals surface area contributed by atoms with E-state index in [1.807, 2.05) is 32.9 Å². The molecule has 0 radical (unpaired) electrons. The minimum absolute atomic E-state index is 0.301. The first-order valence-electron chi connectivity index (χ1n) is 6.92. The maximum Gasteiger partial charge on any atom is 0.339 e. The average molecular weight is 316 g/mol. The number of rotatable bonds is 3. The lowest BCUT2D eigenvalue weighted by Crippen LogP contribution is -2.06. The second-order valence-corrected chi connectivity index (χ2v) is 6.47. The molecule has 5 nitrogen and oxygen atoms in total. The Balaban J connectivity index is 1.99. The Morgan fingerprint density at radius 2 is 1.86 bits per heavy atom. The predicted molar refractivity (Wildman–Crippen MR) is 85.7 cm³/mol. The van der Waals surface area contributed by atoms with Crippen molar-refractivity contribution < 1.29 is 9.15 Å². The molecule has 2 aromatic heterocycles. The first-order chi connectivity index (χ1) is 10.5. The number of ether oxygens (including phenoxy) is 1. The quantitative estimate of drug-likeness (QED) is 0.692. The summed E-state index contributed by atoms with van der Waals surface area (Å²) >= 11 is 1.50. The third-order valence-corrected chi connectivity index (χ3v) is 4.55. The van der Waals surface area contributed by atoms with Gasteiger partial charge in [-0.3, -0.25) is 0 Å². The van der Waals surface area contributed by atoms with Crippen LogP contribution in [0.2, 0.25) is 0 Å². The Hall–Kier alpha value is -2.21. The summed E-state index contributed by atoms with van der Waals surface area (Å²) < 4.78 is 11.2. The molecule has 1 aromatic carbocycles. The fraction of sp³-hybridized carbons (Fsp3) is 0.312. The van der Waals surface area contributed by atoms with Gasteiger partial charge in [0.1, 0.15) is 22.9 Å². The largest absolute Gasteiger partial charge is 0.486 e. The molecule has 6 heteroatoms. The lowest BCUT2D eigenvalue weighted by molar-refractivity contribution is 0.302. The van der Waals surface area contributed by atoms with Crippen LogP contribution in [0.5, 0.6) is 5.75 Å². The molecule has 0 spiro atoms. The molecule has 0 saturated heterocycles. The summed E-state index contributed by atoms with van der Waals surface area (Å²) in [4.78, 5) is 11.9. The first-order valence-corrected chi connectivity index (χ1v) is 7.74. The third-order valence-electron chi connectivity index (χ3n) is 3.74. The van der Waals surface area contributed by atoms with Gasteiger partial charge in [0.05, 0.1) is 0 Å². The molecule has 3 aromatic rings. The molecule has 0 aliphatic rings. The molecule has 0 aliphatic carbocycles. The highest BCUT2D eigenvalue weighted by Gasteiger charge is 2.13. The zero-order chi connectivity index (χ0) is 15.9. The van der Waals surface area contributed by atoms with Crippen molar-refractivity contribution in [2.45, 2.75) is 34.3 Å². The normalized spacial score (nSPS) is 11.1. The van der Waals surface area contributed by atoms with E-state index in [2.05, 4.69) is 10.2 Å². The summed E-state index contributed by atoms with van der Waals surface area (Å²) in [7, 11) is 0. The van der Waals surface area contributed by atoms with E-state index in [4.69, 9.17) is 9.15 Å². The number of nitrogens with zero attached hydrogens (tertiary/aromatic N) is 2. The topological polar surface area (TPSA) is 65.2 Å². The van der Waals surface area contributed by atoms with Crippen LogP contribution >= 0.6 is 11.3 Å². The number of aryl methyl sites for hydroxylation is 3. The molecule has 0 unspecified atom stereocenters. The number of aromatic nitrogens is 2. The second-order valence-electron chi connectivity index (χ2n) is 5.21. The van der Waals surface area contributed by atoms with Gasteiger partial charge in [0.25, 0.3) is 0 Å². The van der Waals surface area contributed by atoms with Crippen LogP contribution in [0.1, 0.15) is 26.7 Å². The van der Waals surface area contributed by atoms with Crippen molar-refractivity contribution in [2.24, 2.45) is 0 Å². The molecular formula is C16H16N2O3S. The fourth-order valence-corrected chi connectivity index (χ4v) is 2.94. The zero-order valence-corrected chi connectivity index (χ0v) is 13.7. The summed E-state index contributed by atoms with van der Waals surface area (Å²) in [5.74, 6) is 0.687. The van der Waals surface area contributed by atoms with Crippen LogP contribution < -0.4 is 10.4 Å². The molecule has 0 bridgehead atoms. The van der Waals surface area contributed by atoms with Gasteiger partial charge in [-0.25, -0.2) is 4.79 Å². The molecule has 22 heavy (non-hydrogen) atoms. The van der Waals surface area contributed by atoms with Crippen LogP contribution in [0.25, 0.3) is 11.0 Å². The highest BCUT2D eigenvalue weighted by atomic mass is 32.1. The summed E-state index contributed by atoms with van der Waals surface area (Å²) in [6.07, 6.45) is 0. The molecule has 0 N–H and O–H groups in total. The van der Waals surface area contributed by atoms with E-state index in [0.717, 1.165) is 26.5 Å². The van der Waals surface area contributed by atoms with Crippen LogP contribution in [0, 0.1) is 27.7 Å². The predicted octanol–water partition coefficient (Wildman–Crippen LogP) is 3.46. The Morgan fingerprint density at radius 3 is 2.55 bits per heavy atom. The first kappa shape index (κ1) is 14.7. The van der Waals surface area contributed by atoms with Crippen LogP contribution in [0.3, 0.4) is 0 Å². The van der Waals surface area contributed by atoms with Gasteiger partial charge in [-0.15, -0.1) is 10.2 Å². The van der Waals surface area contributed by atoms with Crippen LogP contribution in [-0.2, 0) is 6.61 Å². The Bertz CT molecular complexity index is 912. The van der Waals surface area contributed by atoms with E-state index in [1.165, 1.54) is 11.3 Å². The zero-order valence-electron chi connectivity index (χ0n) is 12.9. The van der Waals surface area contributed by atoms with Gasteiger partial charge in [-0.2, -0.15) is 0 Å². The van der Waals surface area contributed by atoms with Crippen molar-refractivity contribution in [3.8, 4) is 5.75 Å². The van der Waals surface area contributed by atoms with Gasteiger partial charge < -0.3 is 9.15 Å². The van der Waals surface area contributed by atoms with Crippen LogP contribution in [0.15, 0.2) is 21.3 Å². The lowest BCUT2D eigenvalue weighted by Gasteiger charge is -2.11. The van der Waals surface area contributed by atoms with Crippen molar-refractivity contribution in [2.75, 3.05) is 0 Å². The van der Waals surface area contributed by atoms with E-state index in [-0.39, 0.29) is 5.63 Å². The van der Waals surface area contributed by atoms with E-state index < -0.39 is 0 Å². The van der Waals surface area contributed by atoms with E-state index in [1.54, 1.807) is 6.92 Å². The highest BCUT2D eigenvalue weighted by molar-refractivity contribution is 7.11. The molecule has 0 fully saturated rings. The molecule has 3 rings (SSSR count). The van der Waals surface area contributed by atoms with E-state index in [9.17, 15) is 4.79 Å². The smallest absolute Gasteiger partial charge is 0.339 e. The summed E-state index contributed by atoms with van der Waals surface area (Å²) in [6.45, 7) is 7.85. The van der Waals surface area contributed by atoms with E-state index in [0.29, 0.717) is 23.5 Å². The average Bonchev–Trinajstić information content (AvgIpc) is 2.91. The van der Waals surface area contributed by atoms with Crippen LogP contribution in [-0.4, -0.2) is 10.2 Å². The molecular weight excluding hydrogens is 300 g/mol. The summed E-state index contributed by atoms with van der Waals surface area (Å²) in [6, 6.07) is 3.83. The lowest BCUT2D eigenvalue weighted by atomic mass is 10.0. The number of hydrogen-bond donors (Lipinski definition) is 0. The van der Waals surface area contributed by atoms with Gasteiger partial charge >= 0.3 is 5.63 Å². The van der Waals surface area contributed by atoms with Gasteiger partial charge in [-0.05, 0) is 45.4 Å². The minimum Gasteiger partial charge on any atom is -0.486 e. The SMILES string of the molecule is Cc1nnc(COc2ccc3c(C)c(C)c(=O)oc3c2C)s1. The van der Waals surface area contributed by atoms with Gasteiger partial charge in [0, 0.05) is 16.5 Å². The molecule has 0 aliphatic heterocycles. The summed E-state index contributed by atoms with van der Waals surface area (Å²) in [5, 5.41) is 10.7. The molecule has 2 heterocycles. The van der Waals surface area contributed by atoms with E-state index >= 15 is 0 Å². The Labute approximate surface area is 131 Å². The number of fused-ring (bicyclic) bond motifs is 1. The molecule has 114 valence electrons. The van der Waals surface area contributed by atoms with Crippen molar-refractivity contribution in [1.82, 2.24) is 10.2 Å². The third kappa shape index (κ3) is 2.50. The second kappa shape index (κ2) is 5.53. The minimum atomic E-state index is -0.301. The number of hydrogen-bond acceptors (Lipinski definition) is 6.